The zero-order chi connectivity index (χ0) is 9.03. The molecule has 1 aromatic carbocycles. The fourth-order valence-electron chi connectivity index (χ4n) is 0.709. The molecular formula is C8H5BrO2S. The van der Waals surface area contributed by atoms with Crippen molar-refractivity contribution < 1.29 is 8.42 Å². The van der Waals surface area contributed by atoms with Gasteiger partial charge in [0.15, 0.2) is 0 Å². The van der Waals surface area contributed by atoms with Crippen molar-refractivity contribution in [2.24, 2.45) is 0 Å². The van der Waals surface area contributed by atoms with E-state index in [2.05, 4.69) is 26.0 Å². The van der Waals surface area contributed by atoms with Crippen LogP contribution in [0.5, 0.6) is 0 Å². The molecule has 1 aromatic rings. The SMILES string of the molecule is O=S(=O)(C#CBr)c1ccccc1. The summed E-state index contributed by atoms with van der Waals surface area (Å²) < 4.78 is 22.5. The molecular weight excluding hydrogens is 240 g/mol. The van der Waals surface area contributed by atoms with Gasteiger partial charge in [-0.3, -0.25) is 0 Å². The lowest BCUT2D eigenvalue weighted by Crippen LogP contribution is -1.95. The van der Waals surface area contributed by atoms with Crippen LogP contribution in [0, 0.1) is 10.1 Å². The molecule has 0 saturated carbocycles. The van der Waals surface area contributed by atoms with E-state index in [0.717, 1.165) is 0 Å². The van der Waals surface area contributed by atoms with E-state index in [1.165, 1.54) is 12.1 Å². The van der Waals surface area contributed by atoms with Crippen molar-refractivity contribution in [1.82, 2.24) is 0 Å². The van der Waals surface area contributed by atoms with Crippen molar-refractivity contribution in [1.29, 1.82) is 0 Å². The lowest BCUT2D eigenvalue weighted by Gasteiger charge is -1.93. The standard InChI is InChI=1S/C8H5BrO2S/c9-6-7-12(10,11)8-4-2-1-3-5-8/h1-5H. The molecule has 0 fully saturated rings. The summed E-state index contributed by atoms with van der Waals surface area (Å²) in [5, 5.41) is 2.08. The first-order chi connectivity index (χ1) is 5.67. The molecule has 0 N–H and O–H groups in total. The van der Waals surface area contributed by atoms with Crippen molar-refractivity contribution in [2.75, 3.05) is 0 Å². The predicted octanol–water partition coefficient (Wildman–Crippen LogP) is 1.77. The van der Waals surface area contributed by atoms with E-state index >= 15 is 0 Å². The van der Waals surface area contributed by atoms with Crippen LogP contribution in [0.3, 0.4) is 0 Å². The van der Waals surface area contributed by atoms with Gasteiger partial charge in [0.05, 0.1) is 4.90 Å². The Kier molecular flexibility index (Phi) is 2.90. The Balaban J connectivity index is 3.22. The van der Waals surface area contributed by atoms with E-state index in [1.807, 2.05) is 0 Å². The number of benzene rings is 1. The summed E-state index contributed by atoms with van der Waals surface area (Å²) in [4.78, 5) is 2.40. The van der Waals surface area contributed by atoms with Crippen LogP contribution in [0.25, 0.3) is 0 Å². The third-order valence-electron chi connectivity index (χ3n) is 1.23. The van der Waals surface area contributed by atoms with Crippen LogP contribution in [0.4, 0.5) is 0 Å². The summed E-state index contributed by atoms with van der Waals surface area (Å²) in [5.41, 5.74) is 0. The number of hydrogen-bond acceptors (Lipinski definition) is 2. The highest BCUT2D eigenvalue weighted by atomic mass is 79.9. The topological polar surface area (TPSA) is 34.1 Å². The average molecular weight is 245 g/mol. The maximum atomic E-state index is 11.2. The molecule has 4 heteroatoms. The highest BCUT2D eigenvalue weighted by Gasteiger charge is 2.08. The molecule has 0 atom stereocenters. The van der Waals surface area contributed by atoms with E-state index in [9.17, 15) is 8.42 Å². The number of sulfone groups is 1. The summed E-state index contributed by atoms with van der Waals surface area (Å²) in [6, 6.07) is 8.07. The molecule has 2 nitrogen and oxygen atoms in total. The predicted molar refractivity (Wildman–Crippen MR) is 50.3 cm³/mol. The van der Waals surface area contributed by atoms with Gasteiger partial charge in [-0.15, -0.1) is 0 Å². The molecule has 0 unspecified atom stereocenters. The largest absolute Gasteiger partial charge is 0.246 e. The lowest BCUT2D eigenvalue weighted by molar-refractivity contribution is 0.606. The first-order valence-electron chi connectivity index (χ1n) is 3.09. The van der Waals surface area contributed by atoms with Gasteiger partial charge in [0.1, 0.15) is 0 Å². The Morgan fingerprint density at radius 2 is 1.75 bits per heavy atom. The van der Waals surface area contributed by atoms with Gasteiger partial charge >= 0.3 is 0 Å². The van der Waals surface area contributed by atoms with Crippen LogP contribution in [-0.2, 0) is 9.84 Å². The maximum absolute atomic E-state index is 11.2. The van der Waals surface area contributed by atoms with E-state index in [4.69, 9.17) is 0 Å². The van der Waals surface area contributed by atoms with Crippen LogP contribution in [-0.4, -0.2) is 8.42 Å². The molecule has 0 bridgehead atoms. The highest BCUT2D eigenvalue weighted by molar-refractivity contribution is 9.12. The number of halogens is 1. The number of rotatable bonds is 1. The van der Waals surface area contributed by atoms with Gasteiger partial charge in [-0.25, -0.2) is 8.42 Å². The summed E-state index contributed by atoms with van der Waals surface area (Å²) in [7, 11) is -3.42. The molecule has 0 spiro atoms. The Bertz CT molecular complexity index is 411. The molecule has 0 aliphatic heterocycles. The van der Waals surface area contributed by atoms with Crippen LogP contribution >= 0.6 is 15.9 Å². The van der Waals surface area contributed by atoms with Crippen molar-refractivity contribution in [3.05, 3.63) is 30.3 Å². The van der Waals surface area contributed by atoms with Crippen LogP contribution in [0.15, 0.2) is 35.2 Å². The monoisotopic (exact) mass is 244 g/mol. The molecule has 62 valence electrons. The summed E-state index contributed by atoms with van der Waals surface area (Å²) in [5.74, 6) is 0. The third-order valence-corrected chi connectivity index (χ3v) is 2.95. The molecule has 0 saturated heterocycles. The van der Waals surface area contributed by atoms with Gasteiger partial charge < -0.3 is 0 Å². The van der Waals surface area contributed by atoms with Gasteiger partial charge in [-0.1, -0.05) is 18.2 Å². The Morgan fingerprint density at radius 3 is 2.25 bits per heavy atom. The minimum atomic E-state index is -3.42. The first kappa shape index (κ1) is 9.30. The second-order valence-electron chi connectivity index (χ2n) is 2.01. The lowest BCUT2D eigenvalue weighted by atomic mass is 10.4. The average Bonchev–Trinajstić information content (AvgIpc) is 2.06. The molecule has 0 amide bonds. The first-order valence-corrected chi connectivity index (χ1v) is 5.37. The minimum absolute atomic E-state index is 0.219. The van der Waals surface area contributed by atoms with Crippen LogP contribution in [0.1, 0.15) is 0 Å². The molecule has 0 radical (unpaired) electrons. The third kappa shape index (κ3) is 2.10. The molecule has 0 heterocycles. The van der Waals surface area contributed by atoms with E-state index in [1.54, 1.807) is 18.2 Å². The van der Waals surface area contributed by atoms with Gasteiger partial charge in [0.25, 0.3) is 0 Å². The van der Waals surface area contributed by atoms with E-state index in [-0.39, 0.29) is 4.90 Å². The van der Waals surface area contributed by atoms with Gasteiger partial charge in [-0.05, 0) is 17.0 Å². The second kappa shape index (κ2) is 3.74. The Labute approximate surface area is 79.7 Å². The quantitative estimate of drug-likeness (QED) is 0.706. The zero-order valence-electron chi connectivity index (χ0n) is 5.99. The molecule has 0 aromatic heterocycles. The maximum Gasteiger partial charge on any atom is 0.246 e. The Morgan fingerprint density at radius 1 is 1.17 bits per heavy atom. The fourth-order valence-corrected chi connectivity index (χ4v) is 2.08. The summed E-state index contributed by atoms with van der Waals surface area (Å²) in [6.45, 7) is 0. The molecule has 0 aliphatic rings. The van der Waals surface area contributed by atoms with E-state index in [0.29, 0.717) is 0 Å². The van der Waals surface area contributed by atoms with E-state index < -0.39 is 9.84 Å². The number of hydrogen-bond donors (Lipinski definition) is 0. The summed E-state index contributed by atoms with van der Waals surface area (Å²) in [6.07, 6.45) is 0. The molecule has 0 aliphatic carbocycles. The van der Waals surface area contributed by atoms with Crippen molar-refractivity contribution in [3.63, 3.8) is 0 Å². The van der Waals surface area contributed by atoms with Gasteiger partial charge in [0, 0.05) is 21.2 Å². The summed E-state index contributed by atoms with van der Waals surface area (Å²) >= 11 is 2.74. The zero-order valence-corrected chi connectivity index (χ0v) is 8.39. The minimum Gasteiger partial charge on any atom is -0.210 e. The van der Waals surface area contributed by atoms with Crippen molar-refractivity contribution in [2.45, 2.75) is 4.90 Å². The van der Waals surface area contributed by atoms with Crippen LogP contribution in [0.2, 0.25) is 0 Å². The van der Waals surface area contributed by atoms with Crippen molar-refractivity contribution in [3.8, 4) is 10.1 Å². The molecule has 1 rings (SSSR count). The second-order valence-corrected chi connectivity index (χ2v) is 4.09. The highest BCUT2D eigenvalue weighted by Crippen LogP contribution is 2.08. The Hall–Kier alpha value is -0.790. The smallest absolute Gasteiger partial charge is 0.210 e. The van der Waals surface area contributed by atoms with Crippen LogP contribution < -0.4 is 0 Å². The van der Waals surface area contributed by atoms with Crippen molar-refractivity contribution >= 4 is 25.8 Å². The van der Waals surface area contributed by atoms with Gasteiger partial charge in [0.2, 0.25) is 9.84 Å². The van der Waals surface area contributed by atoms with Gasteiger partial charge in [-0.2, -0.15) is 0 Å². The molecule has 12 heavy (non-hydrogen) atoms. The normalized spacial score (nSPS) is 10.1. The fraction of sp³-hybridized carbons (Fsp3) is 0.